The highest BCUT2D eigenvalue weighted by Crippen LogP contribution is 2.33. The molecule has 5 aromatic heterocycles. The second kappa shape index (κ2) is 42.7. The lowest BCUT2D eigenvalue weighted by atomic mass is 10.1. The van der Waals surface area contributed by atoms with E-state index in [1.54, 1.807) is 37.4 Å². The van der Waals surface area contributed by atoms with E-state index in [1.807, 2.05) is 208 Å². The van der Waals surface area contributed by atoms with E-state index in [2.05, 4.69) is 122 Å². The lowest BCUT2D eigenvalue weighted by Crippen LogP contribution is -2.48. The van der Waals surface area contributed by atoms with Crippen LogP contribution in [0.25, 0.3) is 83.0 Å². The number of piperazine rings is 1. The number of methoxy groups -OCH3 is 1. The summed E-state index contributed by atoms with van der Waals surface area (Å²) in [4.78, 5) is 72.7. The van der Waals surface area contributed by atoms with Gasteiger partial charge in [-0.15, -0.1) is 0 Å². The van der Waals surface area contributed by atoms with E-state index in [9.17, 15) is 28.4 Å². The summed E-state index contributed by atoms with van der Waals surface area (Å²) in [5, 5.41) is 66.1. The zero-order chi connectivity index (χ0) is 91.3. The number of ether oxygens (including phenoxy) is 1. The molecule has 4 saturated heterocycles. The Morgan fingerprint density at radius 2 is 0.588 bits per heavy atom. The summed E-state index contributed by atoms with van der Waals surface area (Å²) in [6.07, 6.45) is 11.2. The molecule has 15 aromatic rings. The zero-order valence-corrected chi connectivity index (χ0v) is 73.6. The molecule has 668 valence electrons. The minimum absolute atomic E-state index is 0.0563. The monoisotopic (exact) mass is 1750 g/mol. The number of rotatable bonds is 23. The van der Waals surface area contributed by atoms with E-state index in [4.69, 9.17) is 9.84 Å². The number of benzene rings is 10. The van der Waals surface area contributed by atoms with Crippen LogP contribution in [-0.2, 0) is 0 Å². The number of aromatic amines is 5. The maximum absolute atomic E-state index is 13.1. The molecule has 4 amide bonds. The second-order valence-electron chi connectivity index (χ2n) is 32.5. The Morgan fingerprint density at radius 1 is 0.336 bits per heavy atom. The molecule has 11 N–H and O–H groups in total. The number of carboxylic acids is 1. The number of carbonyl (C=O) groups is 5. The molecule has 9 heterocycles. The Morgan fingerprint density at radius 3 is 0.855 bits per heavy atom. The van der Waals surface area contributed by atoms with Gasteiger partial charge >= 0.3 is 5.97 Å². The van der Waals surface area contributed by atoms with Crippen molar-refractivity contribution in [2.45, 2.75) is 71.1 Å². The van der Waals surface area contributed by atoms with Crippen molar-refractivity contribution in [1.82, 2.24) is 75.5 Å². The number of fused-ring (bicyclic) bond motifs is 5. The molecular weight excluding hydrogens is 1650 g/mol. The molecule has 4 aliphatic rings. The van der Waals surface area contributed by atoms with Gasteiger partial charge in [-0.2, -0.15) is 25.5 Å². The Bertz CT molecular complexity index is 6600. The first-order valence-corrected chi connectivity index (χ1v) is 44.2. The lowest BCUT2D eigenvalue weighted by molar-refractivity contribution is 0.0635. The average Bonchev–Trinajstić information content (AvgIpc) is 1.74. The topological polar surface area (TPSA) is 335 Å². The first-order valence-electron chi connectivity index (χ1n) is 44.2. The number of nitrogens with one attached hydrogen (secondary N) is 10. The molecule has 0 bridgehead atoms. The number of piperidine rings is 3. The van der Waals surface area contributed by atoms with Gasteiger partial charge in [0, 0.05) is 143 Å². The lowest BCUT2D eigenvalue weighted by Gasteiger charge is -2.34. The van der Waals surface area contributed by atoms with E-state index in [0.717, 1.165) is 217 Å². The number of para-hydroxylation sites is 3. The predicted molar refractivity (Wildman–Crippen MR) is 521 cm³/mol. The second-order valence-corrected chi connectivity index (χ2v) is 32.5. The van der Waals surface area contributed by atoms with E-state index in [1.165, 1.54) is 31.4 Å². The zero-order valence-electron chi connectivity index (χ0n) is 73.6. The molecule has 4 aliphatic heterocycles. The molecular formula is C103H107FN20O7. The van der Waals surface area contributed by atoms with Gasteiger partial charge in [0.25, 0.3) is 23.6 Å². The molecule has 10 aromatic carbocycles. The molecule has 0 radical (unpaired) electrons. The van der Waals surface area contributed by atoms with Crippen molar-refractivity contribution >= 4 is 141 Å². The van der Waals surface area contributed by atoms with Crippen LogP contribution in [0.2, 0.25) is 0 Å². The SMILES string of the molecule is C=C(Nc1ccc(F)cc1)c1n[nH]c2ccc(C(=O)N3CCCCC3)cc12.C=C(Nc1ccc(OC)cc1)c1n[nH]c2ccc(C(=O)N3CCCCC3)cc12.C=C(Nc1ccccc1)c1n[nH]c2ccc(C(=O)N3CCCCC3)cc12.C=C(Nc1ccccc1)c1n[nH]c2ccc(C(=O)N3CCN(CCC)CC3)cc12.C=C(Nc1ccccc1)c1n[nH]c2ccc(C(=O)O)cc12. The summed E-state index contributed by atoms with van der Waals surface area (Å²) in [5.74, 6) is -0.147. The van der Waals surface area contributed by atoms with E-state index in [-0.39, 0.29) is 35.0 Å². The predicted octanol–water partition coefficient (Wildman–Crippen LogP) is 20.1. The fourth-order valence-electron chi connectivity index (χ4n) is 16.3. The normalized spacial score (nSPS) is 13.8. The smallest absolute Gasteiger partial charge is 0.335 e. The number of anilines is 5. The number of likely N-dealkylation sites (tertiary alicyclic amines) is 3. The third-order valence-corrected chi connectivity index (χ3v) is 23.3. The van der Waals surface area contributed by atoms with Gasteiger partial charge in [0.05, 0.1) is 68.7 Å². The number of carboxylic acid groups (broad SMARTS) is 1. The summed E-state index contributed by atoms with van der Waals surface area (Å²) in [6.45, 7) is 32.1. The number of amides is 4. The third-order valence-electron chi connectivity index (χ3n) is 23.3. The first-order chi connectivity index (χ1) is 63.8. The third kappa shape index (κ3) is 22.5. The van der Waals surface area contributed by atoms with Crippen LogP contribution >= 0.6 is 0 Å². The van der Waals surface area contributed by atoms with Gasteiger partial charge in [-0.3, -0.25) is 49.6 Å². The molecule has 19 rings (SSSR count). The Labute approximate surface area is 758 Å². The number of hydrogen-bond donors (Lipinski definition) is 11. The highest BCUT2D eigenvalue weighted by Gasteiger charge is 2.27. The van der Waals surface area contributed by atoms with Gasteiger partial charge in [-0.1, -0.05) is 94.4 Å². The van der Waals surface area contributed by atoms with Gasteiger partial charge < -0.3 is 56.0 Å². The van der Waals surface area contributed by atoms with Gasteiger partial charge in [0.15, 0.2) is 0 Å². The van der Waals surface area contributed by atoms with E-state index in [0.29, 0.717) is 67.8 Å². The van der Waals surface area contributed by atoms with Crippen LogP contribution < -0.4 is 31.3 Å². The largest absolute Gasteiger partial charge is 0.497 e. The maximum Gasteiger partial charge on any atom is 0.335 e. The molecule has 0 aliphatic carbocycles. The van der Waals surface area contributed by atoms with Crippen molar-refractivity contribution in [2.75, 3.05) is 106 Å². The van der Waals surface area contributed by atoms with Crippen LogP contribution in [0.3, 0.4) is 0 Å². The standard InChI is InChI=1S/C23H27N5O.C22H24N4O2.C21H21FN4O.C21H22N4O.C16H13N3O2/c1-3-11-27-12-14-28(15-13-27)23(29)18-9-10-21-20(16-18)22(26-25-21)17(2)24-19-7-5-4-6-8-19;1-15(23-17-7-9-18(28-2)10-8-17)21-19-14-16(6-11-20(19)24-25-21)22(27)26-12-4-3-5-13-26;1-14(23-17-8-6-16(22)7-9-17)20-18-13-15(5-10-19(18)24-25-20)21(27)26-11-3-2-4-12-26;1-15(22-17-8-4-2-5-9-17)20-18-14-16(10-11-19(18)23-24-20)21(26)25-12-6-3-7-13-25;1-10(17-12-5-3-2-4-6-12)15-13-9-11(16(20)21)7-8-14(13)18-19-15/h4-10,16,24H,2-3,11-15H2,1H3,(H,25,26);6-11,14,23H,1,3-5,12-13H2,2H3,(H,24,25);5-10,13,23H,1-4,11-12H2,(H,24,25);2,4-5,8-11,14,22H,1,3,6-7,12-13H2,(H,23,24);2-9,17H,1H2,(H,18,19)(H,20,21). The van der Waals surface area contributed by atoms with Crippen molar-refractivity contribution < 1.29 is 38.2 Å². The number of aromatic carboxylic acids is 1. The van der Waals surface area contributed by atoms with Crippen LogP contribution in [0.4, 0.5) is 32.8 Å². The molecule has 0 atom stereocenters. The molecule has 27 nitrogen and oxygen atoms in total. The fraction of sp³-hybridized carbons (Fsp3) is 0.223. The molecule has 0 unspecified atom stereocenters. The van der Waals surface area contributed by atoms with Gasteiger partial charge in [0.2, 0.25) is 0 Å². The van der Waals surface area contributed by atoms with Crippen molar-refractivity contribution in [3.63, 3.8) is 0 Å². The number of carbonyl (C=O) groups excluding carboxylic acids is 4. The van der Waals surface area contributed by atoms with Gasteiger partial charge in [-0.05, 0) is 247 Å². The Kier molecular flexibility index (Phi) is 29.4. The first kappa shape index (κ1) is 90.1. The van der Waals surface area contributed by atoms with Gasteiger partial charge in [0.1, 0.15) is 40.0 Å². The molecule has 131 heavy (non-hydrogen) atoms. The number of nitrogens with zero attached hydrogens (tertiary/aromatic N) is 10. The van der Waals surface area contributed by atoms with Crippen molar-refractivity contribution in [2.24, 2.45) is 0 Å². The number of aromatic nitrogens is 10. The summed E-state index contributed by atoms with van der Waals surface area (Å²) < 4.78 is 18.3. The average molecular weight is 1760 g/mol. The van der Waals surface area contributed by atoms with Crippen molar-refractivity contribution in [3.8, 4) is 5.75 Å². The van der Waals surface area contributed by atoms with Crippen LogP contribution in [-0.4, -0.2) is 189 Å². The fourth-order valence-corrected chi connectivity index (χ4v) is 16.3. The summed E-state index contributed by atoms with van der Waals surface area (Å²) in [5.41, 5.74) is 18.3. The van der Waals surface area contributed by atoms with E-state index >= 15 is 0 Å². The van der Waals surface area contributed by atoms with Crippen LogP contribution in [0.5, 0.6) is 5.75 Å². The van der Waals surface area contributed by atoms with Crippen molar-refractivity contribution in [1.29, 1.82) is 0 Å². The molecule has 0 spiro atoms. The van der Waals surface area contributed by atoms with Crippen molar-refractivity contribution in [3.05, 3.63) is 326 Å². The van der Waals surface area contributed by atoms with Crippen LogP contribution in [0, 0.1) is 5.82 Å². The van der Waals surface area contributed by atoms with Crippen LogP contribution in [0.1, 0.15) is 151 Å². The quantitative estimate of drug-likeness (QED) is 0.0283. The summed E-state index contributed by atoms with van der Waals surface area (Å²) in [7, 11) is 1.64. The minimum atomic E-state index is -0.967. The molecule has 0 saturated carbocycles. The highest BCUT2D eigenvalue weighted by atomic mass is 19.1. The summed E-state index contributed by atoms with van der Waals surface area (Å²) >= 11 is 0. The Balaban J connectivity index is 0.000000126. The number of halogens is 1. The highest BCUT2D eigenvalue weighted by molar-refractivity contribution is 6.05. The number of H-pyrrole nitrogens is 5. The van der Waals surface area contributed by atoms with Gasteiger partial charge in [-0.25, -0.2) is 9.18 Å². The minimum Gasteiger partial charge on any atom is -0.497 e. The number of hydrogen-bond acceptors (Lipinski definition) is 17. The molecule has 28 heteroatoms. The maximum atomic E-state index is 13.1. The Hall–Kier alpha value is -15.7. The van der Waals surface area contributed by atoms with Crippen LogP contribution in [0.15, 0.2) is 263 Å². The van der Waals surface area contributed by atoms with E-state index < -0.39 is 5.97 Å². The molecule has 4 fully saturated rings. The summed E-state index contributed by atoms with van der Waals surface area (Å²) in [6, 6.07) is 70.5.